The average molecular weight is 375 g/mol. The van der Waals surface area contributed by atoms with Crippen LogP contribution in [0.3, 0.4) is 0 Å². The number of hydrogen-bond donors (Lipinski definition) is 2. The van der Waals surface area contributed by atoms with Gasteiger partial charge < -0.3 is 15.5 Å². The average Bonchev–Trinajstić information content (AvgIpc) is 2.93. The summed E-state index contributed by atoms with van der Waals surface area (Å²) in [5.41, 5.74) is 2.32. The summed E-state index contributed by atoms with van der Waals surface area (Å²) in [7, 11) is 0. The molecule has 2 heterocycles. The van der Waals surface area contributed by atoms with Gasteiger partial charge in [-0.1, -0.05) is 43.1 Å². The van der Waals surface area contributed by atoms with Crippen molar-refractivity contribution in [3.8, 4) is 0 Å². The number of carbonyl (C=O) groups is 1. The summed E-state index contributed by atoms with van der Waals surface area (Å²) in [6, 6.07) is 9.27. The van der Waals surface area contributed by atoms with Gasteiger partial charge in [0.1, 0.15) is 0 Å². The van der Waals surface area contributed by atoms with Gasteiger partial charge in [0.05, 0.1) is 10.7 Å². The molecule has 0 atom stereocenters. The first-order valence-corrected chi connectivity index (χ1v) is 9.50. The highest BCUT2D eigenvalue weighted by atomic mass is 35.5. The summed E-state index contributed by atoms with van der Waals surface area (Å²) in [4.78, 5) is 19.2. The summed E-state index contributed by atoms with van der Waals surface area (Å²) < 4.78 is 0. The monoisotopic (exact) mass is 374 g/mol. The third kappa shape index (κ3) is 5.44. The predicted molar refractivity (Wildman–Crippen MR) is 109 cm³/mol. The number of halogens is 1. The number of aromatic nitrogens is 1. The zero-order valence-corrected chi connectivity index (χ0v) is 16.4. The molecule has 0 bridgehead atoms. The number of anilines is 2. The Morgan fingerprint density at radius 2 is 2.04 bits per heavy atom. The molecule has 1 amide bonds. The minimum atomic E-state index is -0.156. The quantitative estimate of drug-likeness (QED) is 0.848. The fraction of sp³-hybridized carbons (Fsp3) is 0.400. The van der Waals surface area contributed by atoms with Gasteiger partial charge >= 0.3 is 0 Å². The Hall–Kier alpha value is -2.11. The Labute approximate surface area is 160 Å². The fourth-order valence-corrected chi connectivity index (χ4v) is 2.97. The maximum Gasteiger partial charge on any atom is 0.255 e. The van der Waals surface area contributed by atoms with Crippen LogP contribution in [0, 0.1) is 6.92 Å². The summed E-state index contributed by atoms with van der Waals surface area (Å²) in [6.45, 7) is 9.61. The third-order valence-electron chi connectivity index (χ3n) is 4.00. The van der Waals surface area contributed by atoms with Crippen LogP contribution in [0.2, 0.25) is 5.02 Å². The highest BCUT2D eigenvalue weighted by Gasteiger charge is 2.17. The van der Waals surface area contributed by atoms with Gasteiger partial charge in [-0.25, -0.2) is 4.98 Å². The molecule has 1 aliphatic rings. The van der Waals surface area contributed by atoms with E-state index in [0.29, 0.717) is 16.3 Å². The lowest BCUT2D eigenvalue weighted by molar-refractivity contribution is 0.102. The first-order valence-electron chi connectivity index (χ1n) is 9.13. The van der Waals surface area contributed by atoms with Gasteiger partial charge in [0.2, 0.25) is 0 Å². The Bertz CT molecular complexity index is 728. The van der Waals surface area contributed by atoms with E-state index in [4.69, 9.17) is 11.6 Å². The van der Waals surface area contributed by atoms with Crippen LogP contribution in [0.25, 0.3) is 0 Å². The number of nitrogens with zero attached hydrogens (tertiary/aromatic N) is 2. The molecule has 0 aliphatic carbocycles. The fourth-order valence-electron chi connectivity index (χ4n) is 2.81. The van der Waals surface area contributed by atoms with Gasteiger partial charge in [0.15, 0.2) is 5.82 Å². The summed E-state index contributed by atoms with van der Waals surface area (Å²) >= 11 is 6.10. The summed E-state index contributed by atoms with van der Waals surface area (Å²) in [6.07, 6.45) is 2.66. The molecule has 1 fully saturated rings. The minimum Gasteiger partial charge on any atom is -0.354 e. The van der Waals surface area contributed by atoms with Crippen LogP contribution in [0.1, 0.15) is 36.2 Å². The predicted octanol–water partition coefficient (Wildman–Crippen LogP) is 4.12. The first-order chi connectivity index (χ1) is 12.6. The third-order valence-corrected chi connectivity index (χ3v) is 4.21. The number of benzene rings is 1. The Kier molecular flexibility index (Phi) is 7.88. The molecule has 1 aromatic carbocycles. The van der Waals surface area contributed by atoms with E-state index in [0.717, 1.165) is 44.0 Å². The zero-order chi connectivity index (χ0) is 18.9. The molecule has 6 heteroatoms. The molecule has 140 valence electrons. The van der Waals surface area contributed by atoms with Gasteiger partial charge in [0.25, 0.3) is 5.91 Å². The van der Waals surface area contributed by atoms with Gasteiger partial charge in [-0.2, -0.15) is 0 Å². The molecule has 0 radical (unpaired) electrons. The van der Waals surface area contributed by atoms with Crippen LogP contribution in [0.4, 0.5) is 11.5 Å². The number of amides is 1. The van der Waals surface area contributed by atoms with E-state index in [1.165, 1.54) is 0 Å². The molecule has 0 unspecified atom stereocenters. The number of pyridine rings is 1. The molecular formula is C20H27ClN4O. The van der Waals surface area contributed by atoms with Gasteiger partial charge in [-0.3, -0.25) is 4.79 Å². The topological polar surface area (TPSA) is 57.3 Å². The van der Waals surface area contributed by atoms with Crippen LogP contribution in [0.5, 0.6) is 0 Å². The second kappa shape index (κ2) is 10.1. The normalized spacial score (nSPS) is 14.1. The number of carbonyl (C=O) groups excluding carboxylic acids is 1. The van der Waals surface area contributed by atoms with Crippen LogP contribution in [-0.4, -0.2) is 37.1 Å². The van der Waals surface area contributed by atoms with E-state index in [1.807, 2.05) is 39.0 Å². The molecular weight excluding hydrogens is 348 g/mol. The maximum atomic E-state index is 12.6. The van der Waals surface area contributed by atoms with Gasteiger partial charge in [0, 0.05) is 31.4 Å². The van der Waals surface area contributed by atoms with E-state index in [1.54, 1.807) is 18.3 Å². The smallest absolute Gasteiger partial charge is 0.255 e. The molecule has 2 aromatic rings. The van der Waals surface area contributed by atoms with E-state index in [9.17, 15) is 4.79 Å². The van der Waals surface area contributed by atoms with E-state index in [-0.39, 0.29) is 5.91 Å². The second-order valence-corrected chi connectivity index (χ2v) is 6.38. The molecule has 5 nitrogen and oxygen atoms in total. The van der Waals surface area contributed by atoms with Crippen molar-refractivity contribution in [3.05, 3.63) is 52.7 Å². The number of hydrogen-bond acceptors (Lipinski definition) is 4. The van der Waals surface area contributed by atoms with Crippen molar-refractivity contribution in [2.45, 2.75) is 27.2 Å². The van der Waals surface area contributed by atoms with Crippen molar-refractivity contribution in [2.75, 3.05) is 36.4 Å². The van der Waals surface area contributed by atoms with Gasteiger partial charge in [-0.05, 0) is 38.1 Å². The van der Waals surface area contributed by atoms with Crippen LogP contribution in [0.15, 0.2) is 36.5 Å². The maximum absolute atomic E-state index is 12.6. The summed E-state index contributed by atoms with van der Waals surface area (Å²) in [5.74, 6) is 0.612. The molecule has 1 aliphatic heterocycles. The molecule has 3 rings (SSSR count). The van der Waals surface area contributed by atoms with Crippen molar-refractivity contribution in [1.82, 2.24) is 10.3 Å². The summed E-state index contributed by atoms with van der Waals surface area (Å²) in [5, 5.41) is 6.84. The van der Waals surface area contributed by atoms with Crippen LogP contribution >= 0.6 is 11.6 Å². The second-order valence-electron chi connectivity index (χ2n) is 5.94. The standard InChI is InChI=1S/C18H21ClN4O.C2H6/c1-13-4-2-5-14(10-13)18(24)22-16-11-15(19)12-21-17(16)23-8-3-6-20-7-9-23;1-2/h2,4-5,10-12,20H,3,6-9H2,1H3,(H,22,24);1-2H3. The lowest BCUT2D eigenvalue weighted by Gasteiger charge is -2.24. The van der Waals surface area contributed by atoms with Crippen LogP contribution < -0.4 is 15.5 Å². The van der Waals surface area contributed by atoms with Crippen molar-refractivity contribution < 1.29 is 4.79 Å². The number of rotatable bonds is 3. The minimum absolute atomic E-state index is 0.156. The highest BCUT2D eigenvalue weighted by Crippen LogP contribution is 2.27. The van der Waals surface area contributed by atoms with E-state index >= 15 is 0 Å². The van der Waals surface area contributed by atoms with Crippen molar-refractivity contribution >= 4 is 29.0 Å². The highest BCUT2D eigenvalue weighted by molar-refractivity contribution is 6.31. The number of nitrogens with one attached hydrogen (secondary N) is 2. The Morgan fingerprint density at radius 1 is 1.23 bits per heavy atom. The zero-order valence-electron chi connectivity index (χ0n) is 15.7. The van der Waals surface area contributed by atoms with Crippen molar-refractivity contribution in [1.29, 1.82) is 0 Å². The molecule has 0 saturated carbocycles. The van der Waals surface area contributed by atoms with E-state index in [2.05, 4.69) is 20.5 Å². The van der Waals surface area contributed by atoms with Crippen molar-refractivity contribution in [3.63, 3.8) is 0 Å². The Morgan fingerprint density at radius 3 is 2.81 bits per heavy atom. The molecule has 2 N–H and O–H groups in total. The molecule has 1 aromatic heterocycles. The van der Waals surface area contributed by atoms with E-state index < -0.39 is 0 Å². The molecule has 0 spiro atoms. The van der Waals surface area contributed by atoms with Gasteiger partial charge in [-0.15, -0.1) is 0 Å². The number of aryl methyl sites for hydroxylation is 1. The SMILES string of the molecule is CC.Cc1cccc(C(=O)Nc2cc(Cl)cnc2N2CCCNCC2)c1. The first kappa shape index (κ1) is 20.2. The lowest BCUT2D eigenvalue weighted by Crippen LogP contribution is -2.29. The molecule has 1 saturated heterocycles. The van der Waals surface area contributed by atoms with Crippen LogP contribution in [-0.2, 0) is 0 Å². The van der Waals surface area contributed by atoms with Crippen molar-refractivity contribution in [2.24, 2.45) is 0 Å². The molecule has 26 heavy (non-hydrogen) atoms. The largest absolute Gasteiger partial charge is 0.354 e. The lowest BCUT2D eigenvalue weighted by atomic mass is 10.1. The Balaban J connectivity index is 0.00000117.